The van der Waals surface area contributed by atoms with Gasteiger partial charge in [-0.05, 0) is 107 Å². The van der Waals surface area contributed by atoms with Crippen LogP contribution in [0.4, 0.5) is 0 Å². The van der Waals surface area contributed by atoms with E-state index in [0.717, 1.165) is 80.4 Å². The first-order valence-corrected chi connectivity index (χ1v) is 38.1. The zero-order valence-electron chi connectivity index (χ0n) is 65.4. The van der Waals surface area contributed by atoms with E-state index in [9.17, 15) is 34.2 Å². The van der Waals surface area contributed by atoms with E-state index in [0.29, 0.717) is 32.4 Å². The van der Waals surface area contributed by atoms with E-state index in [1.807, 2.05) is 48.5 Å². The Kier molecular flexibility index (Phi) is 36.1. The van der Waals surface area contributed by atoms with Crippen LogP contribution in [0, 0.1) is 41.4 Å². The van der Waals surface area contributed by atoms with Crippen LogP contribution in [-0.4, -0.2) is 275 Å². The van der Waals surface area contributed by atoms with Crippen LogP contribution < -0.4 is 21.3 Å². The molecule has 0 radical (unpaired) electrons. The predicted molar refractivity (Wildman–Crippen MR) is 389 cm³/mol. The lowest BCUT2D eigenvalue weighted by molar-refractivity contribution is -0.153. The highest BCUT2D eigenvalue weighted by atomic mass is 16.5. The number of hydrogen-bond acceptors (Lipinski definition) is 15. The average molecular weight is 1440 g/mol. The van der Waals surface area contributed by atoms with Crippen LogP contribution in [-0.2, 0) is 62.3 Å². The summed E-state index contributed by atoms with van der Waals surface area (Å²) in [4.78, 5) is 191. The number of piperidine rings is 1. The summed E-state index contributed by atoms with van der Waals surface area (Å²) in [6.07, 6.45) is 8.73. The number of nitrogens with zero attached hydrogens (tertiary/aromatic N) is 8. The average Bonchev–Trinajstić information content (AvgIpc) is 0.812. The third-order valence-electron chi connectivity index (χ3n) is 21.4. The maximum Gasteiger partial charge on any atom is 0.248 e. The van der Waals surface area contributed by atoms with Crippen molar-refractivity contribution in [3.63, 3.8) is 0 Å². The largest absolute Gasteiger partial charge is 0.391 e. The molecule has 0 unspecified atom stereocenters. The second kappa shape index (κ2) is 41.9. The quantitative estimate of drug-likeness (QED) is 0.105. The third kappa shape index (κ3) is 25.4. The molecule has 12 amide bonds. The monoisotopic (exact) mass is 1440 g/mol. The molecule has 2 aliphatic heterocycles. The van der Waals surface area contributed by atoms with Crippen LogP contribution in [0.2, 0.25) is 0 Å². The van der Waals surface area contributed by atoms with E-state index in [-0.39, 0.29) is 68.3 Å². The Bertz CT molecular complexity index is 2780. The molecule has 2 aliphatic carbocycles. The molecule has 27 heteroatoms. The second-order valence-corrected chi connectivity index (χ2v) is 31.8. The number of likely N-dealkylation sites (tertiary alicyclic amines) is 1. The van der Waals surface area contributed by atoms with Gasteiger partial charge in [-0.15, -0.1) is 0 Å². The van der Waals surface area contributed by atoms with Crippen molar-refractivity contribution >= 4 is 70.9 Å². The van der Waals surface area contributed by atoms with Gasteiger partial charge in [0.2, 0.25) is 70.9 Å². The Labute approximate surface area is 609 Å². The minimum atomic E-state index is -1.66. The Hall–Kier alpha value is -6.48. The predicted octanol–water partition coefficient (Wildman–Crippen LogP) is 4.32. The van der Waals surface area contributed by atoms with Gasteiger partial charge in [-0.25, -0.2) is 0 Å². The number of rotatable bonds is 19. The first-order chi connectivity index (χ1) is 47.8. The molecule has 4 aliphatic rings. The summed E-state index contributed by atoms with van der Waals surface area (Å²) in [5.41, 5.74) is 0. The number of amides is 12. The van der Waals surface area contributed by atoms with Crippen LogP contribution >= 0.6 is 0 Å². The molecule has 102 heavy (non-hydrogen) atoms. The highest BCUT2D eigenvalue weighted by Gasteiger charge is 2.46. The molecular formula is C75H132N12O15. The minimum Gasteiger partial charge on any atom is -0.391 e. The standard InChI is InChI=1S/C75H132N12O15/c1-20-49(10)65-69(95)79-63(51(12)89)75(101)80(13)42-62(91)81(14)57(37-46(4)5)66(92)76-55(72(98)87-34-28-23-29-35-87)41-61(90)85(18)64(48(8)9)68(94)77-54(36-45(2)3)70(96)83(16)59(38-47(6)7)73(99)82(15)58(39-52-30-24-21-25-31-52)67(93)78-56(44-102-43-50(11)88)71(97)84(17)60(74(100)86(65)19)40-53-32-26-22-27-33-53/h45-60,63-65,88-89H,20-44H2,1-19H3,(H,76,92)(H,77,94)(H,78,93)(H,79,95)/t49-,50+,51+,54-,55-,56-,57-,58-,59-,60-,63-,64-,65-/m0/s1. The fourth-order valence-electron chi connectivity index (χ4n) is 15.1. The van der Waals surface area contributed by atoms with Gasteiger partial charge in [0.1, 0.15) is 60.4 Å². The second-order valence-electron chi connectivity index (χ2n) is 31.8. The fourth-order valence-corrected chi connectivity index (χ4v) is 15.1. The van der Waals surface area contributed by atoms with Gasteiger partial charge < -0.3 is 75.4 Å². The lowest BCUT2D eigenvalue weighted by Crippen LogP contribution is -2.63. The Balaban J connectivity index is 2.00. The molecule has 0 aromatic carbocycles. The summed E-state index contributed by atoms with van der Waals surface area (Å²) in [6, 6.07) is -13.3. The van der Waals surface area contributed by atoms with E-state index in [1.54, 1.807) is 25.7 Å². The van der Waals surface area contributed by atoms with Crippen LogP contribution in [0.3, 0.4) is 0 Å². The summed E-state index contributed by atoms with van der Waals surface area (Å²) in [5.74, 6) is -10.1. The maximum atomic E-state index is 15.6. The topological polar surface area (TPSA) is 329 Å². The number of ether oxygens (including phenoxy) is 1. The molecule has 2 saturated carbocycles. The van der Waals surface area contributed by atoms with Crippen LogP contribution in [0.25, 0.3) is 0 Å². The van der Waals surface area contributed by atoms with Crippen molar-refractivity contribution < 1.29 is 72.5 Å². The molecule has 0 aromatic heterocycles. The minimum absolute atomic E-state index is 0.0157. The molecule has 582 valence electrons. The van der Waals surface area contributed by atoms with Gasteiger partial charge >= 0.3 is 0 Å². The zero-order chi connectivity index (χ0) is 76.7. The molecule has 4 rings (SSSR count). The molecular weight excluding hydrogens is 1310 g/mol. The first-order valence-electron chi connectivity index (χ1n) is 38.1. The van der Waals surface area contributed by atoms with Gasteiger partial charge in [0, 0.05) is 62.4 Å². The molecule has 2 heterocycles. The van der Waals surface area contributed by atoms with E-state index in [2.05, 4.69) is 21.3 Å². The summed E-state index contributed by atoms with van der Waals surface area (Å²) >= 11 is 0. The lowest BCUT2D eigenvalue weighted by Gasteiger charge is -2.40. The van der Waals surface area contributed by atoms with Crippen molar-refractivity contribution in [2.24, 2.45) is 41.4 Å². The van der Waals surface area contributed by atoms with Crippen LogP contribution in [0.1, 0.15) is 212 Å². The van der Waals surface area contributed by atoms with Crippen molar-refractivity contribution in [3.8, 4) is 0 Å². The number of hydrogen-bond donors (Lipinski definition) is 6. The number of carbonyl (C=O) groups is 12. The van der Waals surface area contributed by atoms with Crippen LogP contribution in [0.15, 0.2) is 0 Å². The van der Waals surface area contributed by atoms with Gasteiger partial charge in [-0.2, -0.15) is 0 Å². The zero-order valence-corrected chi connectivity index (χ0v) is 65.4. The third-order valence-corrected chi connectivity index (χ3v) is 21.4. The van der Waals surface area contributed by atoms with E-state index in [4.69, 9.17) is 4.74 Å². The lowest BCUT2D eigenvalue weighted by atomic mass is 9.83. The van der Waals surface area contributed by atoms with Crippen LogP contribution in [0.5, 0.6) is 0 Å². The van der Waals surface area contributed by atoms with E-state index in [1.165, 1.54) is 87.7 Å². The number of aliphatic hydroxyl groups excluding tert-OH is 2. The van der Waals surface area contributed by atoms with Gasteiger partial charge in [0.15, 0.2) is 0 Å². The van der Waals surface area contributed by atoms with Gasteiger partial charge in [-0.3, -0.25) is 57.5 Å². The fraction of sp³-hybridized carbons (Fsp3) is 0.840. The molecule has 2 saturated heterocycles. The Morgan fingerprint density at radius 1 is 0.471 bits per heavy atom. The van der Waals surface area contributed by atoms with Gasteiger partial charge in [0.25, 0.3) is 0 Å². The molecule has 6 N–H and O–H groups in total. The Morgan fingerprint density at radius 3 is 1.44 bits per heavy atom. The number of likely N-dealkylation sites (N-methyl/N-ethyl adjacent to an activating group) is 7. The Morgan fingerprint density at radius 2 is 0.931 bits per heavy atom. The van der Waals surface area contributed by atoms with E-state index >= 15 is 33.6 Å². The summed E-state index contributed by atoms with van der Waals surface area (Å²) < 4.78 is 5.95. The maximum absolute atomic E-state index is 15.6. The van der Waals surface area contributed by atoms with E-state index < -0.39 is 175 Å². The molecule has 13 atom stereocenters. The van der Waals surface area contributed by atoms with Crippen molar-refractivity contribution in [2.45, 2.75) is 284 Å². The smallest absolute Gasteiger partial charge is 0.248 e. The van der Waals surface area contributed by atoms with Crippen molar-refractivity contribution in [3.05, 3.63) is 0 Å². The number of carbonyl (C=O) groups excluding carboxylic acids is 12. The van der Waals surface area contributed by atoms with Crippen molar-refractivity contribution in [1.29, 1.82) is 0 Å². The summed E-state index contributed by atoms with van der Waals surface area (Å²) in [6.45, 7) is 20.4. The normalized spacial score (nSPS) is 27.7. The number of aliphatic hydroxyl groups is 2. The SMILES string of the molecule is CC[C@H](C)[C@H]1C(=O)N[C@@H]([C@@H](C)O)C(=O)N(C)CC(=O)N(C)[C@@H](CC(C)C)C(=O)N[C@H](C(=O)N2CCCCC2)CC(=O)N(C)[C@@H](C(C)C)C(=O)N[C@@H](CC(C)C)C(=O)N(C)[C@@H](CC(C)C)C(=O)N(C)[C@@H](CC2CCCCC2)C(=O)N[C@@H](COC[C@@H](C)O)C(=O)N(C)[C@@H](CC2CCCCC2)C(=O)N1C. The number of nitrogens with one attached hydrogen (secondary N) is 4. The highest BCUT2D eigenvalue weighted by molar-refractivity contribution is 6.00. The molecule has 0 spiro atoms. The molecule has 0 bridgehead atoms. The first kappa shape index (κ1) is 87.9. The summed E-state index contributed by atoms with van der Waals surface area (Å²) in [5, 5.41) is 33.2. The molecule has 0 aromatic rings. The molecule has 27 nitrogen and oxygen atoms in total. The van der Waals surface area contributed by atoms with Gasteiger partial charge in [0.05, 0.1) is 38.4 Å². The molecule has 4 fully saturated rings. The summed E-state index contributed by atoms with van der Waals surface area (Å²) in [7, 11) is 10.00. The van der Waals surface area contributed by atoms with Crippen molar-refractivity contribution in [1.82, 2.24) is 60.5 Å². The highest BCUT2D eigenvalue weighted by Crippen LogP contribution is 2.32. The van der Waals surface area contributed by atoms with Gasteiger partial charge in [-0.1, -0.05) is 140 Å². The van der Waals surface area contributed by atoms with Crippen molar-refractivity contribution in [2.75, 3.05) is 82.2 Å².